The Balaban J connectivity index is 1.88. The standard InChI is InChI=1S/C18H16F3N3O4/c19-18(20,21)28-14-5-3-4-12(10-14)22-17(25)15-11-13(24(26)27)6-7-16(15)23-8-1-2-9-23/h3-7,10-11H,1-2,8-9H2,(H,22,25). The number of nitrogens with one attached hydrogen (secondary N) is 1. The summed E-state index contributed by atoms with van der Waals surface area (Å²) in [6, 6.07) is 8.83. The van der Waals surface area contributed by atoms with Crippen molar-refractivity contribution in [1.29, 1.82) is 0 Å². The molecule has 2 aromatic carbocycles. The van der Waals surface area contributed by atoms with Crippen LogP contribution in [0.15, 0.2) is 42.5 Å². The minimum atomic E-state index is -4.86. The molecular weight excluding hydrogens is 379 g/mol. The lowest BCUT2D eigenvalue weighted by molar-refractivity contribution is -0.384. The van der Waals surface area contributed by atoms with Crippen molar-refractivity contribution in [3.05, 3.63) is 58.1 Å². The normalized spacial score (nSPS) is 14.0. The van der Waals surface area contributed by atoms with Crippen molar-refractivity contribution in [2.24, 2.45) is 0 Å². The molecule has 0 spiro atoms. The fourth-order valence-corrected chi connectivity index (χ4v) is 3.02. The molecule has 0 saturated carbocycles. The van der Waals surface area contributed by atoms with Crippen molar-refractivity contribution in [3.63, 3.8) is 0 Å². The first kappa shape index (κ1) is 19.5. The maximum absolute atomic E-state index is 12.7. The van der Waals surface area contributed by atoms with Gasteiger partial charge in [0.05, 0.1) is 16.2 Å². The van der Waals surface area contributed by atoms with Crippen LogP contribution in [0.1, 0.15) is 23.2 Å². The van der Waals surface area contributed by atoms with Crippen LogP contribution in [0.2, 0.25) is 0 Å². The number of amides is 1. The molecule has 2 aromatic rings. The lowest BCUT2D eigenvalue weighted by Gasteiger charge is -2.21. The second-order valence-corrected chi connectivity index (χ2v) is 6.18. The van der Waals surface area contributed by atoms with Crippen LogP contribution in [0.3, 0.4) is 0 Å². The summed E-state index contributed by atoms with van der Waals surface area (Å²) in [5.41, 5.74) is 0.453. The van der Waals surface area contributed by atoms with Gasteiger partial charge in [-0.25, -0.2) is 0 Å². The lowest BCUT2D eigenvalue weighted by atomic mass is 10.1. The maximum atomic E-state index is 12.7. The predicted molar refractivity (Wildman–Crippen MR) is 95.6 cm³/mol. The Kier molecular flexibility index (Phi) is 5.39. The van der Waals surface area contributed by atoms with Crippen LogP contribution in [-0.2, 0) is 0 Å². The maximum Gasteiger partial charge on any atom is 0.573 e. The van der Waals surface area contributed by atoms with Gasteiger partial charge in [0, 0.05) is 37.0 Å². The molecule has 10 heteroatoms. The van der Waals surface area contributed by atoms with Crippen LogP contribution in [-0.4, -0.2) is 30.3 Å². The van der Waals surface area contributed by atoms with Gasteiger partial charge < -0.3 is 15.0 Å². The smallest absolute Gasteiger partial charge is 0.406 e. The van der Waals surface area contributed by atoms with Crippen LogP contribution in [0, 0.1) is 10.1 Å². The number of halogens is 3. The number of rotatable bonds is 5. The first-order chi connectivity index (χ1) is 13.2. The molecular formula is C18H16F3N3O4. The Morgan fingerprint density at radius 2 is 1.86 bits per heavy atom. The van der Waals surface area contributed by atoms with E-state index in [4.69, 9.17) is 0 Å². The molecule has 0 bridgehead atoms. The molecule has 0 atom stereocenters. The third-order valence-corrected chi connectivity index (χ3v) is 4.21. The molecule has 1 amide bonds. The molecule has 0 unspecified atom stereocenters. The number of hydrogen-bond acceptors (Lipinski definition) is 5. The summed E-state index contributed by atoms with van der Waals surface area (Å²) in [6.07, 6.45) is -2.98. The topological polar surface area (TPSA) is 84.7 Å². The van der Waals surface area contributed by atoms with Gasteiger partial charge in [0.15, 0.2) is 0 Å². The zero-order valence-electron chi connectivity index (χ0n) is 14.5. The van der Waals surface area contributed by atoms with Gasteiger partial charge in [-0.1, -0.05) is 6.07 Å². The second-order valence-electron chi connectivity index (χ2n) is 6.18. The average molecular weight is 395 g/mol. The monoisotopic (exact) mass is 395 g/mol. The van der Waals surface area contributed by atoms with Crippen molar-refractivity contribution >= 4 is 23.0 Å². The number of ether oxygens (including phenoxy) is 1. The molecule has 7 nitrogen and oxygen atoms in total. The van der Waals surface area contributed by atoms with Gasteiger partial charge in [0.25, 0.3) is 11.6 Å². The Morgan fingerprint density at radius 1 is 1.14 bits per heavy atom. The van der Waals surface area contributed by atoms with Crippen molar-refractivity contribution in [2.75, 3.05) is 23.3 Å². The molecule has 1 aliphatic heterocycles. The Labute approximate surface area is 157 Å². The largest absolute Gasteiger partial charge is 0.573 e. The number of anilines is 2. The van der Waals surface area contributed by atoms with E-state index >= 15 is 0 Å². The van der Waals surface area contributed by atoms with Crippen molar-refractivity contribution in [1.82, 2.24) is 0 Å². The molecule has 28 heavy (non-hydrogen) atoms. The van der Waals surface area contributed by atoms with Gasteiger partial charge in [0.2, 0.25) is 0 Å². The SMILES string of the molecule is O=C(Nc1cccc(OC(F)(F)F)c1)c1cc([N+](=O)[O-])ccc1N1CCCC1. The fraction of sp³-hybridized carbons (Fsp3) is 0.278. The van der Waals surface area contributed by atoms with E-state index in [0.29, 0.717) is 18.8 Å². The fourth-order valence-electron chi connectivity index (χ4n) is 3.02. The minimum Gasteiger partial charge on any atom is -0.406 e. The molecule has 1 N–H and O–H groups in total. The third kappa shape index (κ3) is 4.70. The predicted octanol–water partition coefficient (Wildman–Crippen LogP) is 4.35. The van der Waals surface area contributed by atoms with Gasteiger partial charge in [-0.3, -0.25) is 14.9 Å². The van der Waals surface area contributed by atoms with E-state index in [9.17, 15) is 28.1 Å². The van der Waals surface area contributed by atoms with Crippen LogP contribution < -0.4 is 15.0 Å². The molecule has 1 saturated heterocycles. The molecule has 1 fully saturated rings. The first-order valence-corrected chi connectivity index (χ1v) is 8.43. The number of carbonyl (C=O) groups is 1. The van der Waals surface area contributed by atoms with Crippen LogP contribution >= 0.6 is 0 Å². The summed E-state index contributed by atoms with van der Waals surface area (Å²) in [6.45, 7) is 1.43. The summed E-state index contributed by atoms with van der Waals surface area (Å²) in [7, 11) is 0. The van der Waals surface area contributed by atoms with Gasteiger partial charge in [-0.05, 0) is 31.0 Å². The van der Waals surface area contributed by atoms with Gasteiger partial charge in [0.1, 0.15) is 5.75 Å². The molecule has 0 radical (unpaired) electrons. The van der Waals surface area contributed by atoms with Crippen molar-refractivity contribution in [3.8, 4) is 5.75 Å². The summed E-state index contributed by atoms with van der Waals surface area (Å²) in [5.74, 6) is -1.14. The molecule has 3 rings (SSSR count). The minimum absolute atomic E-state index is 0.0747. The molecule has 148 valence electrons. The molecule has 1 aliphatic rings. The Morgan fingerprint density at radius 3 is 2.50 bits per heavy atom. The van der Waals surface area contributed by atoms with E-state index in [2.05, 4.69) is 10.1 Å². The van der Waals surface area contributed by atoms with Gasteiger partial charge in [-0.15, -0.1) is 13.2 Å². The number of nitro benzene ring substituents is 1. The van der Waals surface area contributed by atoms with Crippen LogP contribution in [0.5, 0.6) is 5.75 Å². The number of alkyl halides is 3. The first-order valence-electron chi connectivity index (χ1n) is 8.43. The highest BCUT2D eigenvalue weighted by atomic mass is 19.4. The second kappa shape index (κ2) is 7.75. The summed E-state index contributed by atoms with van der Waals surface area (Å²) in [4.78, 5) is 25.2. The van der Waals surface area contributed by atoms with Gasteiger partial charge >= 0.3 is 6.36 Å². The summed E-state index contributed by atoms with van der Waals surface area (Å²) in [5, 5.41) is 13.6. The van der Waals surface area contributed by atoms with E-state index < -0.39 is 22.9 Å². The molecule has 1 heterocycles. The van der Waals surface area contributed by atoms with Crippen LogP contribution in [0.4, 0.5) is 30.2 Å². The number of benzene rings is 2. The number of carbonyl (C=O) groups excluding carboxylic acids is 1. The summed E-state index contributed by atoms with van der Waals surface area (Å²) < 4.78 is 40.9. The van der Waals surface area contributed by atoms with Crippen molar-refractivity contribution in [2.45, 2.75) is 19.2 Å². The van der Waals surface area contributed by atoms with Gasteiger partial charge in [-0.2, -0.15) is 0 Å². The zero-order chi connectivity index (χ0) is 20.3. The number of non-ortho nitro benzene ring substituents is 1. The Bertz CT molecular complexity index is 896. The highest BCUT2D eigenvalue weighted by Crippen LogP contribution is 2.30. The van der Waals surface area contributed by atoms with Crippen LogP contribution in [0.25, 0.3) is 0 Å². The lowest BCUT2D eigenvalue weighted by Crippen LogP contribution is -2.23. The van der Waals surface area contributed by atoms with E-state index in [1.165, 1.54) is 30.3 Å². The quantitative estimate of drug-likeness (QED) is 0.601. The highest BCUT2D eigenvalue weighted by molar-refractivity contribution is 6.08. The Hall–Kier alpha value is -3.30. The number of hydrogen-bond donors (Lipinski definition) is 1. The number of nitrogens with zero attached hydrogens (tertiary/aromatic N) is 2. The highest BCUT2D eigenvalue weighted by Gasteiger charge is 2.31. The average Bonchev–Trinajstić information content (AvgIpc) is 3.14. The van der Waals surface area contributed by atoms with E-state index in [0.717, 1.165) is 25.0 Å². The van der Waals surface area contributed by atoms with E-state index in [1.807, 2.05) is 4.90 Å². The summed E-state index contributed by atoms with van der Waals surface area (Å²) >= 11 is 0. The molecule has 0 aliphatic carbocycles. The van der Waals surface area contributed by atoms with E-state index in [1.54, 1.807) is 0 Å². The van der Waals surface area contributed by atoms with E-state index in [-0.39, 0.29) is 16.9 Å². The molecule has 0 aromatic heterocycles. The third-order valence-electron chi connectivity index (χ3n) is 4.21. The zero-order valence-corrected chi connectivity index (χ0v) is 14.5. The number of nitro groups is 1. The van der Waals surface area contributed by atoms with Crippen molar-refractivity contribution < 1.29 is 27.6 Å².